The van der Waals surface area contributed by atoms with Crippen molar-refractivity contribution in [2.45, 2.75) is 26.8 Å². The highest BCUT2D eigenvalue weighted by Crippen LogP contribution is 2.25. The second-order valence-electron chi connectivity index (χ2n) is 4.79. The minimum absolute atomic E-state index is 0.0265. The Balaban J connectivity index is 2.37. The fourth-order valence-corrected chi connectivity index (χ4v) is 2.02. The Labute approximate surface area is 122 Å². The van der Waals surface area contributed by atoms with Crippen molar-refractivity contribution in [3.63, 3.8) is 0 Å². The van der Waals surface area contributed by atoms with Crippen molar-refractivity contribution in [1.29, 1.82) is 0 Å². The van der Waals surface area contributed by atoms with Crippen LogP contribution >= 0.6 is 15.9 Å². The first-order valence-corrected chi connectivity index (χ1v) is 7.20. The van der Waals surface area contributed by atoms with E-state index in [9.17, 15) is 4.79 Å². The summed E-state index contributed by atoms with van der Waals surface area (Å²) < 4.78 is 6.27. The van der Waals surface area contributed by atoms with Gasteiger partial charge in [0.05, 0.1) is 4.47 Å². The molecule has 0 aliphatic rings. The van der Waals surface area contributed by atoms with Gasteiger partial charge in [-0.15, -0.1) is 0 Å². The molecule has 0 fully saturated rings. The van der Waals surface area contributed by atoms with E-state index in [4.69, 9.17) is 10.5 Å². The van der Waals surface area contributed by atoms with Crippen molar-refractivity contribution in [3.05, 3.63) is 28.2 Å². The summed E-state index contributed by atoms with van der Waals surface area (Å²) in [5.74, 6) is 1.13. The lowest BCUT2D eigenvalue weighted by Gasteiger charge is -2.10. The zero-order valence-corrected chi connectivity index (χ0v) is 13.0. The summed E-state index contributed by atoms with van der Waals surface area (Å²) >= 11 is 3.40. The van der Waals surface area contributed by atoms with E-state index in [1.165, 1.54) is 0 Å². The number of carbonyl (C=O) groups is 1. The Morgan fingerprint density at radius 1 is 1.47 bits per heavy atom. The summed E-state index contributed by atoms with van der Waals surface area (Å²) in [6.07, 6.45) is 0.973. The fraction of sp³-hybridized carbons (Fsp3) is 0.500. The van der Waals surface area contributed by atoms with Crippen LogP contribution in [0.1, 0.15) is 25.8 Å². The van der Waals surface area contributed by atoms with E-state index in [1.54, 1.807) is 0 Å². The Kier molecular flexibility index (Phi) is 6.87. The number of benzene rings is 1. The van der Waals surface area contributed by atoms with Crippen LogP contribution in [-0.4, -0.2) is 19.1 Å². The van der Waals surface area contributed by atoms with Crippen LogP contribution in [0.5, 0.6) is 5.75 Å². The third kappa shape index (κ3) is 6.07. The van der Waals surface area contributed by atoms with E-state index < -0.39 is 0 Å². The standard InChI is InChI=1S/C14H21BrN2O2/c1-10(2)5-6-17-14(18)9-19-13-4-3-11(8-16)7-12(13)15/h3-4,7,10H,5-6,8-9,16H2,1-2H3,(H,17,18). The van der Waals surface area contributed by atoms with Gasteiger partial charge in [-0.1, -0.05) is 19.9 Å². The SMILES string of the molecule is CC(C)CCNC(=O)COc1ccc(CN)cc1Br. The maximum Gasteiger partial charge on any atom is 0.257 e. The van der Waals surface area contributed by atoms with Gasteiger partial charge in [-0.2, -0.15) is 0 Å². The number of hydrogen-bond acceptors (Lipinski definition) is 3. The summed E-state index contributed by atoms with van der Waals surface area (Å²) in [5, 5.41) is 2.83. The van der Waals surface area contributed by atoms with Crippen molar-refractivity contribution in [1.82, 2.24) is 5.32 Å². The van der Waals surface area contributed by atoms with Crippen molar-refractivity contribution >= 4 is 21.8 Å². The molecule has 0 aliphatic heterocycles. The summed E-state index contributed by atoms with van der Waals surface area (Å²) in [6.45, 7) is 5.44. The molecule has 5 heteroatoms. The number of rotatable bonds is 7. The Morgan fingerprint density at radius 2 is 2.21 bits per heavy atom. The zero-order valence-electron chi connectivity index (χ0n) is 11.4. The zero-order chi connectivity index (χ0) is 14.3. The van der Waals surface area contributed by atoms with Crippen LogP contribution < -0.4 is 15.8 Å². The number of halogens is 1. The first-order chi connectivity index (χ1) is 9.02. The minimum Gasteiger partial charge on any atom is -0.483 e. The third-order valence-electron chi connectivity index (χ3n) is 2.63. The molecule has 1 aromatic carbocycles. The molecule has 1 amide bonds. The molecule has 0 aromatic heterocycles. The highest BCUT2D eigenvalue weighted by molar-refractivity contribution is 9.10. The Bertz CT molecular complexity index is 422. The largest absolute Gasteiger partial charge is 0.483 e. The van der Waals surface area contributed by atoms with Crippen LogP contribution in [0.2, 0.25) is 0 Å². The van der Waals surface area contributed by atoms with Crippen molar-refractivity contribution in [3.8, 4) is 5.75 Å². The normalized spacial score (nSPS) is 10.6. The van der Waals surface area contributed by atoms with Crippen molar-refractivity contribution in [2.24, 2.45) is 11.7 Å². The fourth-order valence-electron chi connectivity index (χ4n) is 1.48. The van der Waals surface area contributed by atoms with E-state index >= 15 is 0 Å². The molecule has 1 rings (SSSR count). The van der Waals surface area contributed by atoms with Gasteiger partial charge in [0, 0.05) is 13.1 Å². The highest BCUT2D eigenvalue weighted by atomic mass is 79.9. The monoisotopic (exact) mass is 328 g/mol. The van der Waals surface area contributed by atoms with Gasteiger partial charge >= 0.3 is 0 Å². The summed E-state index contributed by atoms with van der Waals surface area (Å²) in [5.41, 5.74) is 6.56. The van der Waals surface area contributed by atoms with E-state index in [0.717, 1.165) is 16.5 Å². The van der Waals surface area contributed by atoms with Crippen molar-refractivity contribution < 1.29 is 9.53 Å². The average Bonchev–Trinajstić information content (AvgIpc) is 2.36. The summed E-state index contributed by atoms with van der Waals surface area (Å²) in [4.78, 5) is 11.6. The van der Waals surface area contributed by atoms with Crippen LogP contribution in [0.4, 0.5) is 0 Å². The lowest BCUT2D eigenvalue weighted by atomic mass is 10.1. The molecule has 0 saturated heterocycles. The maximum atomic E-state index is 11.6. The minimum atomic E-state index is -0.101. The quantitative estimate of drug-likeness (QED) is 0.808. The molecule has 3 N–H and O–H groups in total. The number of nitrogens with one attached hydrogen (secondary N) is 1. The van der Waals surface area contributed by atoms with Crippen LogP contribution in [0, 0.1) is 5.92 Å². The molecule has 0 spiro atoms. The molecule has 19 heavy (non-hydrogen) atoms. The average molecular weight is 329 g/mol. The summed E-state index contributed by atoms with van der Waals surface area (Å²) in [6, 6.07) is 5.59. The van der Waals surface area contributed by atoms with Crippen LogP contribution in [0.3, 0.4) is 0 Å². The van der Waals surface area contributed by atoms with Gasteiger partial charge in [0.2, 0.25) is 0 Å². The number of nitrogens with two attached hydrogens (primary N) is 1. The molecule has 0 heterocycles. The lowest BCUT2D eigenvalue weighted by Crippen LogP contribution is -2.30. The number of hydrogen-bond donors (Lipinski definition) is 2. The molecule has 4 nitrogen and oxygen atoms in total. The van der Waals surface area contributed by atoms with Crippen LogP contribution in [0.25, 0.3) is 0 Å². The Morgan fingerprint density at radius 3 is 2.79 bits per heavy atom. The van der Waals surface area contributed by atoms with E-state index in [-0.39, 0.29) is 12.5 Å². The molecule has 0 atom stereocenters. The van der Waals surface area contributed by atoms with Crippen LogP contribution in [-0.2, 0) is 11.3 Å². The van der Waals surface area contributed by atoms with Gasteiger partial charge in [-0.3, -0.25) is 4.79 Å². The molecule has 0 aliphatic carbocycles. The smallest absolute Gasteiger partial charge is 0.257 e. The van der Waals surface area contributed by atoms with Gasteiger partial charge in [-0.25, -0.2) is 0 Å². The van der Waals surface area contributed by atoms with E-state index in [1.807, 2.05) is 18.2 Å². The van der Waals surface area contributed by atoms with Gasteiger partial charge in [0.15, 0.2) is 6.61 Å². The Hall–Kier alpha value is -1.07. The second-order valence-corrected chi connectivity index (χ2v) is 5.64. The molecular formula is C14H21BrN2O2. The topological polar surface area (TPSA) is 64.3 Å². The van der Waals surface area contributed by atoms with Gasteiger partial charge in [0.25, 0.3) is 5.91 Å². The molecular weight excluding hydrogens is 308 g/mol. The predicted molar refractivity (Wildman–Crippen MR) is 80.0 cm³/mol. The molecule has 1 aromatic rings. The number of ether oxygens (including phenoxy) is 1. The first-order valence-electron chi connectivity index (χ1n) is 6.41. The highest BCUT2D eigenvalue weighted by Gasteiger charge is 2.06. The molecule has 0 saturated carbocycles. The van der Waals surface area contributed by atoms with E-state index in [0.29, 0.717) is 24.8 Å². The second kappa shape index (κ2) is 8.17. The number of carbonyl (C=O) groups excluding carboxylic acids is 1. The van der Waals surface area contributed by atoms with Gasteiger partial charge in [-0.05, 0) is 46.0 Å². The molecule has 0 radical (unpaired) electrons. The molecule has 0 unspecified atom stereocenters. The van der Waals surface area contributed by atoms with Gasteiger partial charge in [0.1, 0.15) is 5.75 Å². The van der Waals surface area contributed by atoms with E-state index in [2.05, 4.69) is 35.1 Å². The summed E-state index contributed by atoms with van der Waals surface area (Å²) in [7, 11) is 0. The predicted octanol–water partition coefficient (Wildman–Crippen LogP) is 2.45. The van der Waals surface area contributed by atoms with Crippen LogP contribution in [0.15, 0.2) is 22.7 Å². The first kappa shape index (κ1) is 16.0. The number of amides is 1. The molecule has 0 bridgehead atoms. The van der Waals surface area contributed by atoms with Crippen molar-refractivity contribution in [2.75, 3.05) is 13.2 Å². The van der Waals surface area contributed by atoms with Gasteiger partial charge < -0.3 is 15.8 Å². The molecule has 106 valence electrons. The lowest BCUT2D eigenvalue weighted by molar-refractivity contribution is -0.123. The maximum absolute atomic E-state index is 11.6. The third-order valence-corrected chi connectivity index (χ3v) is 3.25.